The molecule has 0 radical (unpaired) electrons. The summed E-state index contributed by atoms with van der Waals surface area (Å²) in [5.41, 5.74) is 1.12. The molecule has 0 saturated heterocycles. The summed E-state index contributed by atoms with van der Waals surface area (Å²) in [5.74, 6) is 0. The molecule has 0 atom stereocenters. The Kier molecular flexibility index (Phi) is 13.2. The van der Waals surface area contributed by atoms with E-state index >= 15 is 0 Å². The Hall–Kier alpha value is -0.790. The molecule has 0 saturated carbocycles. The molecule has 10 heavy (non-hydrogen) atoms. The first-order chi connectivity index (χ1) is 4.81. The largest absolute Gasteiger partial charge is 0.392 e. The van der Waals surface area contributed by atoms with Gasteiger partial charge in [-0.3, -0.25) is 4.99 Å². The molecule has 0 spiro atoms. The number of aliphatic imine (C=N–C) groups is 1. The summed E-state index contributed by atoms with van der Waals surface area (Å²) in [4.78, 5) is 3.78. The second-order valence-electron chi connectivity index (χ2n) is 1.51. The maximum Gasteiger partial charge on any atom is 0.0277 e. The second kappa shape index (κ2) is 11.1. The highest BCUT2D eigenvalue weighted by Crippen LogP contribution is 1.78. The lowest BCUT2D eigenvalue weighted by molar-refractivity contribution is 0.994. The van der Waals surface area contributed by atoms with E-state index in [9.17, 15) is 0 Å². The van der Waals surface area contributed by atoms with Crippen LogP contribution < -0.4 is 5.32 Å². The second-order valence-corrected chi connectivity index (χ2v) is 1.51. The van der Waals surface area contributed by atoms with E-state index in [0.717, 1.165) is 5.70 Å². The average molecular weight is 142 g/mol. The highest BCUT2D eigenvalue weighted by atomic mass is 14.8. The first kappa shape index (κ1) is 11.9. The molecule has 0 aromatic carbocycles. The molecule has 2 heteroatoms. The van der Waals surface area contributed by atoms with Crippen LogP contribution in [-0.2, 0) is 0 Å². The van der Waals surface area contributed by atoms with Crippen molar-refractivity contribution in [3.8, 4) is 0 Å². The molecule has 0 rings (SSSR count). The van der Waals surface area contributed by atoms with Gasteiger partial charge in [-0.05, 0) is 13.0 Å². The normalized spacial score (nSPS) is 10.7. The Bertz CT molecular complexity index is 104. The van der Waals surface area contributed by atoms with Crippen molar-refractivity contribution >= 4 is 6.21 Å². The number of rotatable bonds is 2. The van der Waals surface area contributed by atoms with Crippen molar-refractivity contribution in [2.45, 2.75) is 20.8 Å². The minimum absolute atomic E-state index is 1.12. The summed E-state index contributed by atoms with van der Waals surface area (Å²) in [7, 11) is 3.63. The summed E-state index contributed by atoms with van der Waals surface area (Å²) in [5, 5.41) is 2.97. The highest BCUT2D eigenvalue weighted by molar-refractivity contribution is 5.71. The fourth-order valence-electron chi connectivity index (χ4n) is 0.270. The van der Waals surface area contributed by atoms with Crippen molar-refractivity contribution < 1.29 is 0 Å². The third kappa shape index (κ3) is 10.2. The summed E-state index contributed by atoms with van der Waals surface area (Å²) in [6.45, 7) is 5.99. The van der Waals surface area contributed by atoms with Crippen molar-refractivity contribution in [2.75, 3.05) is 14.1 Å². The van der Waals surface area contributed by atoms with Gasteiger partial charge in [0.1, 0.15) is 0 Å². The summed E-state index contributed by atoms with van der Waals surface area (Å²) >= 11 is 0. The molecule has 0 bridgehead atoms. The zero-order valence-corrected chi connectivity index (χ0v) is 7.60. The van der Waals surface area contributed by atoms with Gasteiger partial charge in [0.05, 0.1) is 0 Å². The van der Waals surface area contributed by atoms with Gasteiger partial charge in [-0.2, -0.15) is 0 Å². The van der Waals surface area contributed by atoms with Crippen LogP contribution in [0.2, 0.25) is 0 Å². The highest BCUT2D eigenvalue weighted by Gasteiger charge is 1.73. The van der Waals surface area contributed by atoms with Crippen LogP contribution in [0.3, 0.4) is 0 Å². The minimum Gasteiger partial charge on any atom is -0.392 e. The van der Waals surface area contributed by atoms with E-state index < -0.39 is 0 Å². The van der Waals surface area contributed by atoms with E-state index in [0.29, 0.717) is 0 Å². The lowest BCUT2D eigenvalue weighted by atomic mass is 10.4. The molecule has 2 nitrogen and oxygen atoms in total. The zero-order chi connectivity index (χ0) is 8.41. The Morgan fingerprint density at radius 1 is 1.40 bits per heavy atom. The fraction of sp³-hybridized carbons (Fsp3) is 0.625. The Morgan fingerprint density at radius 2 is 1.90 bits per heavy atom. The molecule has 0 fully saturated rings. The first-order valence-electron chi connectivity index (χ1n) is 3.58. The molecule has 0 aliphatic heterocycles. The van der Waals surface area contributed by atoms with Crippen LogP contribution in [0, 0.1) is 0 Å². The van der Waals surface area contributed by atoms with Crippen molar-refractivity contribution in [1.82, 2.24) is 5.32 Å². The molecule has 0 amide bonds. The Morgan fingerprint density at radius 3 is 2.20 bits per heavy atom. The molecule has 0 aromatic rings. The molecule has 1 N–H and O–H groups in total. The molecule has 0 heterocycles. The maximum absolute atomic E-state index is 3.78. The van der Waals surface area contributed by atoms with Gasteiger partial charge in [-0.1, -0.05) is 13.8 Å². The molecule has 0 aromatic heterocycles. The van der Waals surface area contributed by atoms with E-state index in [1.807, 2.05) is 33.9 Å². The maximum atomic E-state index is 3.78. The minimum atomic E-state index is 1.12. The van der Waals surface area contributed by atoms with Gasteiger partial charge in [0.2, 0.25) is 0 Å². The number of hydrogen-bond acceptors (Lipinski definition) is 2. The molecule has 0 aliphatic rings. The summed E-state index contributed by atoms with van der Waals surface area (Å²) in [6, 6.07) is 0. The zero-order valence-electron chi connectivity index (χ0n) is 7.60. The molecular weight excluding hydrogens is 124 g/mol. The van der Waals surface area contributed by atoms with Crippen LogP contribution >= 0.6 is 0 Å². The van der Waals surface area contributed by atoms with Gasteiger partial charge in [0, 0.05) is 26.0 Å². The van der Waals surface area contributed by atoms with Crippen LogP contribution in [0.4, 0.5) is 0 Å². The van der Waals surface area contributed by atoms with Gasteiger partial charge in [0.15, 0.2) is 0 Å². The van der Waals surface area contributed by atoms with Gasteiger partial charge in [0.25, 0.3) is 0 Å². The number of allylic oxidation sites excluding steroid dienone is 2. The van der Waals surface area contributed by atoms with Crippen molar-refractivity contribution in [1.29, 1.82) is 0 Å². The SMILES string of the molecule is CC.CN=C/C=C(/C)NC. The Labute approximate surface area is 64.1 Å². The lowest BCUT2D eigenvalue weighted by Crippen LogP contribution is -2.00. The standard InChI is InChI=1S/C6H12N2.C2H6/c1-6(8-3)4-5-7-2;1-2/h4-5,8H,1-3H3;1-2H3/b6-4-,7-5?;. The summed E-state index contributed by atoms with van der Waals surface area (Å²) < 4.78 is 0. The van der Waals surface area contributed by atoms with Gasteiger partial charge in [-0.25, -0.2) is 0 Å². The predicted molar refractivity (Wildman–Crippen MR) is 48.6 cm³/mol. The first-order valence-corrected chi connectivity index (χ1v) is 3.58. The quantitative estimate of drug-likeness (QED) is 0.584. The van der Waals surface area contributed by atoms with Crippen LogP contribution in [0.1, 0.15) is 20.8 Å². The average Bonchev–Trinajstić information content (AvgIpc) is 2.04. The van der Waals surface area contributed by atoms with Crippen molar-refractivity contribution in [2.24, 2.45) is 4.99 Å². The third-order valence-electron chi connectivity index (χ3n) is 0.868. The van der Waals surface area contributed by atoms with Gasteiger partial charge >= 0.3 is 0 Å². The van der Waals surface area contributed by atoms with Crippen LogP contribution in [0.25, 0.3) is 0 Å². The Balaban J connectivity index is 0. The van der Waals surface area contributed by atoms with Crippen LogP contribution in [0.5, 0.6) is 0 Å². The number of hydrogen-bond donors (Lipinski definition) is 1. The fourth-order valence-corrected chi connectivity index (χ4v) is 0.270. The van der Waals surface area contributed by atoms with Crippen molar-refractivity contribution in [3.63, 3.8) is 0 Å². The van der Waals surface area contributed by atoms with E-state index in [2.05, 4.69) is 10.3 Å². The third-order valence-corrected chi connectivity index (χ3v) is 0.868. The van der Waals surface area contributed by atoms with Crippen molar-refractivity contribution in [3.05, 3.63) is 11.8 Å². The van der Waals surface area contributed by atoms with E-state index in [4.69, 9.17) is 0 Å². The van der Waals surface area contributed by atoms with Crippen LogP contribution in [0.15, 0.2) is 16.8 Å². The topological polar surface area (TPSA) is 24.4 Å². The molecular formula is C8H18N2. The summed E-state index contributed by atoms with van der Waals surface area (Å²) in [6.07, 6.45) is 3.67. The monoisotopic (exact) mass is 142 g/mol. The number of nitrogens with one attached hydrogen (secondary N) is 1. The van der Waals surface area contributed by atoms with E-state index in [1.54, 1.807) is 13.3 Å². The van der Waals surface area contributed by atoms with E-state index in [-0.39, 0.29) is 0 Å². The molecule has 60 valence electrons. The van der Waals surface area contributed by atoms with Gasteiger partial charge in [-0.15, -0.1) is 0 Å². The van der Waals surface area contributed by atoms with Crippen LogP contribution in [-0.4, -0.2) is 20.3 Å². The lowest BCUT2D eigenvalue weighted by Gasteiger charge is -1.92. The molecule has 0 aliphatic carbocycles. The van der Waals surface area contributed by atoms with Gasteiger partial charge < -0.3 is 5.32 Å². The van der Waals surface area contributed by atoms with E-state index in [1.165, 1.54) is 0 Å². The molecule has 0 unspecified atom stereocenters. The predicted octanol–water partition coefficient (Wildman–Crippen LogP) is 1.84. The number of nitrogens with zero attached hydrogens (tertiary/aromatic N) is 1. The smallest absolute Gasteiger partial charge is 0.0277 e.